The average Bonchev–Trinajstić information content (AvgIpc) is 2.77. The van der Waals surface area contributed by atoms with Crippen LogP contribution in [0.5, 0.6) is 0 Å². The molecular formula is C11H14N4. The molecule has 4 heteroatoms. The van der Waals surface area contributed by atoms with Crippen molar-refractivity contribution in [2.24, 2.45) is 5.92 Å². The lowest BCUT2D eigenvalue weighted by atomic mass is 10.1. The van der Waals surface area contributed by atoms with Crippen molar-refractivity contribution >= 4 is 5.82 Å². The zero-order valence-electron chi connectivity index (χ0n) is 8.85. The summed E-state index contributed by atoms with van der Waals surface area (Å²) in [5.74, 6) is 1.48. The second-order valence-corrected chi connectivity index (χ2v) is 3.85. The fourth-order valence-electron chi connectivity index (χ4n) is 2.00. The Kier molecular flexibility index (Phi) is 2.82. The third-order valence-corrected chi connectivity index (χ3v) is 2.95. The summed E-state index contributed by atoms with van der Waals surface area (Å²) in [5, 5.41) is 8.92. The molecule has 15 heavy (non-hydrogen) atoms. The van der Waals surface area contributed by atoms with E-state index in [0.29, 0.717) is 5.69 Å². The van der Waals surface area contributed by atoms with Gasteiger partial charge in [-0.2, -0.15) is 5.26 Å². The summed E-state index contributed by atoms with van der Waals surface area (Å²) in [4.78, 5) is 10.4. The van der Waals surface area contributed by atoms with Crippen LogP contribution in [-0.2, 0) is 0 Å². The normalized spacial score (nSPS) is 20.3. The molecule has 0 radical (unpaired) electrons. The third kappa shape index (κ3) is 1.91. The number of nitrogens with zero attached hydrogens (tertiary/aromatic N) is 4. The maximum Gasteiger partial charge on any atom is 0.183 e. The molecule has 1 aromatic rings. The Morgan fingerprint density at radius 3 is 3.00 bits per heavy atom. The fraction of sp³-hybridized carbons (Fsp3) is 0.545. The molecule has 1 aromatic heterocycles. The molecular weight excluding hydrogens is 188 g/mol. The minimum atomic E-state index is 0.439. The van der Waals surface area contributed by atoms with Gasteiger partial charge in [-0.1, -0.05) is 13.3 Å². The summed E-state index contributed by atoms with van der Waals surface area (Å²) in [7, 11) is 0. The van der Waals surface area contributed by atoms with Gasteiger partial charge in [0, 0.05) is 25.5 Å². The topological polar surface area (TPSA) is 52.8 Å². The van der Waals surface area contributed by atoms with E-state index in [4.69, 9.17) is 5.26 Å². The van der Waals surface area contributed by atoms with Crippen LogP contribution in [0.25, 0.3) is 0 Å². The van der Waals surface area contributed by atoms with E-state index in [-0.39, 0.29) is 0 Å². The second-order valence-electron chi connectivity index (χ2n) is 3.85. The van der Waals surface area contributed by atoms with Gasteiger partial charge in [0.15, 0.2) is 11.5 Å². The van der Waals surface area contributed by atoms with Crippen LogP contribution in [0, 0.1) is 17.2 Å². The molecule has 0 spiro atoms. The van der Waals surface area contributed by atoms with Crippen molar-refractivity contribution in [3.63, 3.8) is 0 Å². The highest BCUT2D eigenvalue weighted by atomic mass is 15.2. The number of rotatable bonds is 2. The lowest BCUT2D eigenvalue weighted by Gasteiger charge is -2.17. The van der Waals surface area contributed by atoms with Crippen molar-refractivity contribution in [2.75, 3.05) is 18.0 Å². The number of hydrogen-bond donors (Lipinski definition) is 0. The Morgan fingerprint density at radius 1 is 1.53 bits per heavy atom. The summed E-state index contributed by atoms with van der Waals surface area (Å²) in [5.41, 5.74) is 0.439. The second kappa shape index (κ2) is 4.26. The molecule has 4 nitrogen and oxygen atoms in total. The molecule has 1 aliphatic rings. The van der Waals surface area contributed by atoms with Crippen molar-refractivity contribution < 1.29 is 0 Å². The Balaban J connectivity index is 2.20. The van der Waals surface area contributed by atoms with Crippen molar-refractivity contribution in [1.29, 1.82) is 5.26 Å². The molecule has 2 rings (SSSR count). The van der Waals surface area contributed by atoms with Crippen LogP contribution < -0.4 is 4.90 Å². The molecule has 0 aromatic carbocycles. The molecule has 1 fully saturated rings. The minimum absolute atomic E-state index is 0.439. The van der Waals surface area contributed by atoms with Crippen molar-refractivity contribution in [3.8, 4) is 6.07 Å². The van der Waals surface area contributed by atoms with Gasteiger partial charge in [0.1, 0.15) is 6.07 Å². The summed E-state index contributed by atoms with van der Waals surface area (Å²) < 4.78 is 0. The molecule has 78 valence electrons. The summed E-state index contributed by atoms with van der Waals surface area (Å²) >= 11 is 0. The van der Waals surface area contributed by atoms with Gasteiger partial charge >= 0.3 is 0 Å². The number of hydrogen-bond acceptors (Lipinski definition) is 4. The van der Waals surface area contributed by atoms with Crippen LogP contribution in [0.2, 0.25) is 0 Å². The first-order valence-corrected chi connectivity index (χ1v) is 5.31. The van der Waals surface area contributed by atoms with Crippen LogP contribution in [0.3, 0.4) is 0 Å². The van der Waals surface area contributed by atoms with Crippen LogP contribution in [-0.4, -0.2) is 23.1 Å². The summed E-state index contributed by atoms with van der Waals surface area (Å²) in [6.07, 6.45) is 5.60. The zero-order chi connectivity index (χ0) is 10.7. The van der Waals surface area contributed by atoms with Crippen molar-refractivity contribution in [3.05, 3.63) is 18.1 Å². The SMILES string of the molecule is CCC1CCN(c2nccnc2C#N)C1. The standard InChI is InChI=1S/C11H14N4/c1-2-9-3-6-15(8-9)11-10(7-12)13-4-5-14-11/h4-5,9H,2-3,6,8H2,1H3. The van der Waals surface area contributed by atoms with Gasteiger partial charge in [0.05, 0.1) is 0 Å². The smallest absolute Gasteiger partial charge is 0.183 e. The Morgan fingerprint density at radius 2 is 2.33 bits per heavy atom. The first kappa shape index (κ1) is 9.91. The number of anilines is 1. The predicted molar refractivity (Wildman–Crippen MR) is 57.4 cm³/mol. The van der Waals surface area contributed by atoms with E-state index in [1.807, 2.05) is 0 Å². The zero-order valence-corrected chi connectivity index (χ0v) is 8.85. The highest BCUT2D eigenvalue weighted by molar-refractivity contribution is 5.50. The monoisotopic (exact) mass is 202 g/mol. The fourth-order valence-corrected chi connectivity index (χ4v) is 2.00. The van der Waals surface area contributed by atoms with Crippen LogP contribution in [0.4, 0.5) is 5.82 Å². The highest BCUT2D eigenvalue weighted by Crippen LogP contribution is 2.25. The van der Waals surface area contributed by atoms with Crippen molar-refractivity contribution in [2.45, 2.75) is 19.8 Å². The van der Waals surface area contributed by atoms with Gasteiger partial charge in [-0.25, -0.2) is 9.97 Å². The van der Waals surface area contributed by atoms with E-state index in [1.165, 1.54) is 12.8 Å². The molecule has 0 amide bonds. The Bertz CT molecular complexity index is 382. The first-order valence-electron chi connectivity index (χ1n) is 5.31. The van der Waals surface area contributed by atoms with Crippen LogP contribution in [0.15, 0.2) is 12.4 Å². The van der Waals surface area contributed by atoms with Gasteiger partial charge in [0.25, 0.3) is 0 Å². The molecule has 1 aliphatic heterocycles. The molecule has 0 saturated carbocycles. The molecule has 0 bridgehead atoms. The lowest BCUT2D eigenvalue weighted by molar-refractivity contribution is 0.568. The molecule has 0 aliphatic carbocycles. The van der Waals surface area contributed by atoms with Crippen molar-refractivity contribution in [1.82, 2.24) is 9.97 Å². The quantitative estimate of drug-likeness (QED) is 0.730. The van der Waals surface area contributed by atoms with E-state index in [2.05, 4.69) is 27.9 Å². The van der Waals surface area contributed by atoms with Gasteiger partial charge < -0.3 is 4.90 Å². The average molecular weight is 202 g/mol. The summed E-state index contributed by atoms with van der Waals surface area (Å²) in [6, 6.07) is 2.09. The van der Waals surface area contributed by atoms with Gasteiger partial charge in [-0.05, 0) is 12.3 Å². The molecule has 2 heterocycles. The largest absolute Gasteiger partial charge is 0.354 e. The van der Waals surface area contributed by atoms with Crippen LogP contribution >= 0.6 is 0 Å². The van der Waals surface area contributed by atoms with Gasteiger partial charge in [0.2, 0.25) is 0 Å². The minimum Gasteiger partial charge on any atom is -0.354 e. The van der Waals surface area contributed by atoms with Crippen LogP contribution in [0.1, 0.15) is 25.5 Å². The molecule has 1 atom stereocenters. The van der Waals surface area contributed by atoms with E-state index in [1.54, 1.807) is 12.4 Å². The van der Waals surface area contributed by atoms with Gasteiger partial charge in [-0.3, -0.25) is 0 Å². The van der Waals surface area contributed by atoms with Gasteiger partial charge in [-0.15, -0.1) is 0 Å². The Hall–Kier alpha value is -1.63. The molecule has 1 saturated heterocycles. The van der Waals surface area contributed by atoms with E-state index >= 15 is 0 Å². The molecule has 1 unspecified atom stereocenters. The van der Waals surface area contributed by atoms with E-state index < -0.39 is 0 Å². The molecule has 0 N–H and O–H groups in total. The Labute approximate surface area is 89.6 Å². The third-order valence-electron chi connectivity index (χ3n) is 2.95. The number of aromatic nitrogens is 2. The number of nitriles is 1. The maximum absolute atomic E-state index is 8.92. The van der Waals surface area contributed by atoms with E-state index in [0.717, 1.165) is 24.8 Å². The highest BCUT2D eigenvalue weighted by Gasteiger charge is 2.24. The predicted octanol–water partition coefficient (Wildman–Crippen LogP) is 1.58. The lowest BCUT2D eigenvalue weighted by Crippen LogP contribution is -2.22. The van der Waals surface area contributed by atoms with E-state index in [9.17, 15) is 0 Å². The maximum atomic E-state index is 8.92. The first-order chi connectivity index (χ1) is 7.35. The summed E-state index contributed by atoms with van der Waals surface area (Å²) in [6.45, 7) is 4.20.